The molecule has 1 heterocycles. The minimum Gasteiger partial charge on any atom is -0.368 e. The number of nitrogens with one attached hydrogen (secondary N) is 2. The molecule has 21 heavy (non-hydrogen) atoms. The molecule has 0 fully saturated rings. The van der Waals surface area contributed by atoms with Gasteiger partial charge in [-0.2, -0.15) is 15.0 Å². The number of nitrogens with two attached hydrogens (primary N) is 2. The van der Waals surface area contributed by atoms with Gasteiger partial charge in [0, 0.05) is 13.1 Å². The highest BCUT2D eigenvalue weighted by atomic mass is 16.1. The Bertz CT molecular complexity index is 467. The number of hydrogen-bond donors (Lipinski definition) is 4. The lowest BCUT2D eigenvalue weighted by atomic mass is 10.5. The molecule has 0 aliphatic rings. The Hall–Kier alpha value is -2.65. The number of aromatic nitrogens is 3. The summed E-state index contributed by atoms with van der Waals surface area (Å²) < 4.78 is 0. The number of hydrogen-bond acceptors (Lipinski definition) is 8. The van der Waals surface area contributed by atoms with E-state index in [2.05, 4.69) is 25.6 Å². The van der Waals surface area contributed by atoms with Gasteiger partial charge in [0.15, 0.2) is 0 Å². The van der Waals surface area contributed by atoms with E-state index in [0.29, 0.717) is 19.0 Å². The van der Waals surface area contributed by atoms with Gasteiger partial charge in [0.2, 0.25) is 29.7 Å². The van der Waals surface area contributed by atoms with E-state index >= 15 is 0 Å². The summed E-state index contributed by atoms with van der Waals surface area (Å²) in [5.41, 5.74) is 10.1. The largest absolute Gasteiger partial charge is 0.368 e. The van der Waals surface area contributed by atoms with Crippen LogP contribution in [0.2, 0.25) is 0 Å². The lowest BCUT2D eigenvalue weighted by molar-refractivity contribution is -0.117. The van der Waals surface area contributed by atoms with Crippen LogP contribution in [0.25, 0.3) is 0 Å². The smallest absolute Gasteiger partial charge is 0.236 e. The first kappa shape index (κ1) is 16.4. The summed E-state index contributed by atoms with van der Waals surface area (Å²) in [5, 5.41) is 5.39. The molecule has 1 rings (SSSR count). The average molecular weight is 296 g/mol. The maximum atomic E-state index is 10.8. The van der Waals surface area contributed by atoms with Crippen LogP contribution in [0.5, 0.6) is 0 Å². The fourth-order valence-corrected chi connectivity index (χ4v) is 1.50. The zero-order valence-electron chi connectivity index (χ0n) is 12.1. The first-order chi connectivity index (χ1) is 9.96. The minimum absolute atomic E-state index is 0.100. The van der Waals surface area contributed by atoms with E-state index in [1.165, 1.54) is 0 Å². The Kier molecular flexibility index (Phi) is 6.11. The van der Waals surface area contributed by atoms with Crippen molar-refractivity contribution in [3.05, 3.63) is 0 Å². The lowest BCUT2D eigenvalue weighted by Gasteiger charge is -2.19. The Morgan fingerprint density at radius 3 is 1.71 bits per heavy atom. The van der Waals surface area contributed by atoms with Crippen LogP contribution in [0.1, 0.15) is 13.8 Å². The molecule has 0 aromatic carbocycles. The molecule has 1 aromatic rings. The lowest BCUT2D eigenvalue weighted by Crippen LogP contribution is -2.28. The number of nitrogens with zero attached hydrogens (tertiary/aromatic N) is 4. The second-order valence-electron chi connectivity index (χ2n) is 4.09. The fraction of sp³-hybridized carbons (Fsp3) is 0.545. The van der Waals surface area contributed by atoms with E-state index in [9.17, 15) is 9.59 Å². The summed E-state index contributed by atoms with van der Waals surface area (Å²) in [6.45, 7) is 5.12. The van der Waals surface area contributed by atoms with E-state index in [-0.39, 0.29) is 25.0 Å². The van der Waals surface area contributed by atoms with Gasteiger partial charge in [-0.05, 0) is 13.8 Å². The van der Waals surface area contributed by atoms with Crippen molar-refractivity contribution < 1.29 is 9.59 Å². The molecular weight excluding hydrogens is 276 g/mol. The van der Waals surface area contributed by atoms with Crippen LogP contribution in [0.4, 0.5) is 17.8 Å². The SMILES string of the molecule is CCN(CC)c1nc(NCC(N)=O)nc(NCC(N)=O)n1. The highest BCUT2D eigenvalue weighted by Crippen LogP contribution is 2.13. The predicted molar refractivity (Wildman–Crippen MR) is 78.8 cm³/mol. The molecule has 10 heteroatoms. The number of carbonyl (C=O) groups excluding carboxylic acids is 2. The van der Waals surface area contributed by atoms with E-state index in [4.69, 9.17) is 11.5 Å². The second kappa shape index (κ2) is 7.82. The molecule has 0 spiro atoms. The zero-order chi connectivity index (χ0) is 15.8. The maximum absolute atomic E-state index is 10.8. The summed E-state index contributed by atoms with van der Waals surface area (Å²) in [4.78, 5) is 36.0. The van der Waals surface area contributed by atoms with Crippen LogP contribution in [-0.4, -0.2) is 52.9 Å². The Balaban J connectivity index is 3.00. The van der Waals surface area contributed by atoms with Gasteiger partial charge in [0.05, 0.1) is 13.1 Å². The molecule has 0 bridgehead atoms. The Morgan fingerprint density at radius 2 is 1.38 bits per heavy atom. The van der Waals surface area contributed by atoms with Gasteiger partial charge >= 0.3 is 0 Å². The molecule has 116 valence electrons. The number of rotatable bonds is 9. The highest BCUT2D eigenvalue weighted by molar-refractivity contribution is 5.79. The van der Waals surface area contributed by atoms with Crippen LogP contribution in [0, 0.1) is 0 Å². The van der Waals surface area contributed by atoms with Crippen LogP contribution < -0.4 is 27.0 Å². The number of carbonyl (C=O) groups is 2. The summed E-state index contributed by atoms with van der Waals surface area (Å²) >= 11 is 0. The topological polar surface area (TPSA) is 152 Å². The van der Waals surface area contributed by atoms with Crippen LogP contribution in [-0.2, 0) is 9.59 Å². The van der Waals surface area contributed by atoms with Crippen molar-refractivity contribution >= 4 is 29.7 Å². The van der Waals surface area contributed by atoms with Gasteiger partial charge in [0.1, 0.15) is 0 Å². The van der Waals surface area contributed by atoms with Gasteiger partial charge in [-0.3, -0.25) is 9.59 Å². The molecule has 1 aromatic heterocycles. The van der Waals surface area contributed by atoms with Crippen LogP contribution >= 0.6 is 0 Å². The molecule has 0 atom stereocenters. The van der Waals surface area contributed by atoms with Gasteiger partial charge in [0.25, 0.3) is 0 Å². The van der Waals surface area contributed by atoms with Gasteiger partial charge in [-0.1, -0.05) is 0 Å². The fourth-order valence-electron chi connectivity index (χ4n) is 1.50. The third-order valence-electron chi connectivity index (χ3n) is 2.51. The summed E-state index contributed by atoms with van der Waals surface area (Å²) in [7, 11) is 0. The van der Waals surface area contributed by atoms with Gasteiger partial charge < -0.3 is 27.0 Å². The number of amides is 2. The first-order valence-electron chi connectivity index (χ1n) is 6.51. The normalized spacial score (nSPS) is 10.0. The van der Waals surface area contributed by atoms with Gasteiger partial charge in [-0.15, -0.1) is 0 Å². The quantitative estimate of drug-likeness (QED) is 0.430. The van der Waals surface area contributed by atoms with E-state index in [1.807, 2.05) is 18.7 Å². The number of anilines is 3. The Morgan fingerprint density at radius 1 is 0.952 bits per heavy atom. The monoisotopic (exact) mass is 296 g/mol. The number of primary amides is 2. The standard InChI is InChI=1S/C11H20N8O2/c1-3-19(4-2)11-17-9(14-5-7(12)20)16-10(18-11)15-6-8(13)21/h3-6H2,1-2H3,(H2,12,20)(H2,13,21)(H2,14,15,16,17,18). The summed E-state index contributed by atoms with van der Waals surface area (Å²) in [6, 6.07) is 0. The zero-order valence-corrected chi connectivity index (χ0v) is 12.1. The van der Waals surface area contributed by atoms with Crippen molar-refractivity contribution in [3.8, 4) is 0 Å². The molecule has 2 amide bonds. The molecule has 0 saturated carbocycles. The molecule has 0 aliphatic heterocycles. The first-order valence-corrected chi connectivity index (χ1v) is 6.51. The van der Waals surface area contributed by atoms with E-state index in [0.717, 1.165) is 0 Å². The molecular formula is C11H20N8O2. The summed E-state index contributed by atoms with van der Waals surface area (Å²) in [5.74, 6) is -0.262. The molecule has 6 N–H and O–H groups in total. The van der Waals surface area contributed by atoms with Crippen LogP contribution in [0.3, 0.4) is 0 Å². The van der Waals surface area contributed by atoms with Crippen molar-refractivity contribution in [1.29, 1.82) is 0 Å². The Labute approximate surface area is 122 Å². The minimum atomic E-state index is -0.536. The van der Waals surface area contributed by atoms with Crippen molar-refractivity contribution in [3.63, 3.8) is 0 Å². The average Bonchev–Trinajstić information content (AvgIpc) is 2.44. The van der Waals surface area contributed by atoms with Crippen molar-refractivity contribution in [2.24, 2.45) is 11.5 Å². The third kappa shape index (κ3) is 5.47. The maximum Gasteiger partial charge on any atom is 0.236 e. The summed E-state index contributed by atoms with van der Waals surface area (Å²) in [6.07, 6.45) is 0. The van der Waals surface area contributed by atoms with Crippen LogP contribution in [0.15, 0.2) is 0 Å². The van der Waals surface area contributed by atoms with Gasteiger partial charge in [-0.25, -0.2) is 0 Å². The molecule has 0 saturated heterocycles. The van der Waals surface area contributed by atoms with Crippen molar-refractivity contribution in [1.82, 2.24) is 15.0 Å². The van der Waals surface area contributed by atoms with E-state index < -0.39 is 11.8 Å². The van der Waals surface area contributed by atoms with E-state index in [1.54, 1.807) is 0 Å². The molecule has 0 aliphatic carbocycles. The second-order valence-corrected chi connectivity index (χ2v) is 4.09. The molecule has 0 radical (unpaired) electrons. The van der Waals surface area contributed by atoms with Crippen molar-refractivity contribution in [2.45, 2.75) is 13.8 Å². The third-order valence-corrected chi connectivity index (χ3v) is 2.51. The highest BCUT2D eigenvalue weighted by Gasteiger charge is 2.11. The molecule has 0 unspecified atom stereocenters. The predicted octanol–water partition coefficient (Wildman–Crippen LogP) is -1.49. The van der Waals surface area contributed by atoms with Crippen molar-refractivity contribution in [2.75, 3.05) is 41.7 Å². The molecule has 10 nitrogen and oxygen atoms in total.